The summed E-state index contributed by atoms with van der Waals surface area (Å²) in [7, 11) is 1.38. The number of nitrogens with zero attached hydrogens (tertiary/aromatic N) is 1. The Morgan fingerprint density at radius 3 is 1.98 bits per heavy atom. The molecule has 0 unspecified atom stereocenters. The minimum Gasteiger partial charge on any atom is -0.496 e. The zero-order valence-electron chi connectivity index (χ0n) is 29.0. The highest BCUT2D eigenvalue weighted by molar-refractivity contribution is 6.45. The van der Waals surface area contributed by atoms with Gasteiger partial charge in [0.1, 0.15) is 5.75 Å². The van der Waals surface area contributed by atoms with Crippen molar-refractivity contribution in [2.45, 2.75) is 120 Å². The van der Waals surface area contributed by atoms with E-state index in [1.807, 2.05) is 71.9 Å². The van der Waals surface area contributed by atoms with Crippen LogP contribution >= 0.6 is 0 Å². The minimum absolute atomic E-state index is 0.227. The second-order valence-corrected chi connectivity index (χ2v) is 14.0. The fourth-order valence-corrected chi connectivity index (χ4v) is 5.09. The Hall–Kier alpha value is -2.84. The van der Waals surface area contributed by atoms with Gasteiger partial charge in [-0.25, -0.2) is 5.01 Å². The molecule has 1 fully saturated rings. The van der Waals surface area contributed by atoms with Crippen molar-refractivity contribution in [1.29, 1.82) is 0 Å². The van der Waals surface area contributed by atoms with Gasteiger partial charge in [-0.3, -0.25) is 15.0 Å². The SMILES string of the molecule is CCC.COc1c(CCCB2OC(C)(C)C(C)(C)O2)ccc(C(=O)NN(CC(C)(C)C)C(=O)c2cc(C)cc(C)c2)c1C. The largest absolute Gasteiger partial charge is 0.496 e. The molecule has 0 saturated carbocycles. The van der Waals surface area contributed by atoms with Crippen molar-refractivity contribution in [3.63, 3.8) is 0 Å². The first kappa shape index (κ1) is 36.4. The van der Waals surface area contributed by atoms with Crippen LogP contribution in [0, 0.1) is 26.2 Å². The van der Waals surface area contributed by atoms with Crippen molar-refractivity contribution in [3.8, 4) is 5.75 Å². The quantitative estimate of drug-likeness (QED) is 0.248. The first-order chi connectivity index (χ1) is 19.9. The summed E-state index contributed by atoms with van der Waals surface area (Å²) in [4.78, 5) is 27.1. The summed E-state index contributed by atoms with van der Waals surface area (Å²) in [6.45, 7) is 24.7. The third-order valence-electron chi connectivity index (χ3n) is 7.71. The van der Waals surface area contributed by atoms with Crippen molar-refractivity contribution in [2.75, 3.05) is 13.7 Å². The van der Waals surface area contributed by atoms with E-state index in [2.05, 4.69) is 47.0 Å². The van der Waals surface area contributed by atoms with Crippen molar-refractivity contribution in [1.82, 2.24) is 10.4 Å². The van der Waals surface area contributed by atoms with Gasteiger partial charge in [0.2, 0.25) is 0 Å². The second-order valence-electron chi connectivity index (χ2n) is 14.0. The number of amides is 2. The lowest BCUT2D eigenvalue weighted by atomic mass is 9.81. The maximum Gasteiger partial charge on any atom is 0.457 e. The molecule has 1 aliphatic rings. The summed E-state index contributed by atoms with van der Waals surface area (Å²) in [5.41, 5.74) is 6.75. The summed E-state index contributed by atoms with van der Waals surface area (Å²) >= 11 is 0. The van der Waals surface area contributed by atoms with Gasteiger partial charge in [-0.1, -0.05) is 70.7 Å². The molecule has 1 aliphatic heterocycles. The van der Waals surface area contributed by atoms with E-state index in [1.54, 1.807) is 7.11 Å². The molecule has 1 saturated heterocycles. The zero-order chi connectivity index (χ0) is 32.8. The fraction of sp³-hybridized carbons (Fsp3) is 0.600. The van der Waals surface area contributed by atoms with Crippen LogP contribution in [0.1, 0.15) is 118 Å². The van der Waals surface area contributed by atoms with Crippen LogP contribution in [-0.4, -0.2) is 48.8 Å². The standard InChI is InChI=1S/C32H47BN2O5.C3H8/c1-21-17-22(2)19-25(18-21)29(37)35(20-30(4,5)6)34-28(36)26-15-14-24(27(38-11)23(26)3)13-12-16-33-39-31(7,8)32(9,10)40-33;1-3-2/h14-15,17-19H,12-13,16,20H2,1-11H3,(H,34,36);3H2,1-2H3. The molecule has 2 aromatic rings. The van der Waals surface area contributed by atoms with Crippen LogP contribution in [0.25, 0.3) is 0 Å². The molecule has 8 heteroatoms. The van der Waals surface area contributed by atoms with E-state index in [-0.39, 0.29) is 35.5 Å². The summed E-state index contributed by atoms with van der Waals surface area (Å²) in [5.74, 6) is 0.102. The highest BCUT2D eigenvalue weighted by Crippen LogP contribution is 2.38. The van der Waals surface area contributed by atoms with Gasteiger partial charge in [-0.05, 0) is 90.4 Å². The smallest absolute Gasteiger partial charge is 0.457 e. The summed E-state index contributed by atoms with van der Waals surface area (Å²) < 4.78 is 18.0. The number of rotatable bonds is 8. The van der Waals surface area contributed by atoms with E-state index in [0.717, 1.165) is 41.4 Å². The lowest BCUT2D eigenvalue weighted by Gasteiger charge is -2.32. The third kappa shape index (κ3) is 9.83. The summed E-state index contributed by atoms with van der Waals surface area (Å²) in [5, 5.41) is 1.43. The average molecular weight is 595 g/mol. The normalized spacial score (nSPS) is 15.4. The number of carbonyl (C=O) groups excluding carboxylic acids is 2. The molecule has 0 radical (unpaired) electrons. The number of methoxy groups -OCH3 is 1. The van der Waals surface area contributed by atoms with Crippen LogP contribution < -0.4 is 10.2 Å². The number of benzene rings is 2. The highest BCUT2D eigenvalue weighted by atomic mass is 16.7. The molecule has 2 amide bonds. The average Bonchev–Trinajstić information content (AvgIpc) is 3.07. The van der Waals surface area contributed by atoms with E-state index < -0.39 is 0 Å². The molecule has 1 N–H and O–H groups in total. The van der Waals surface area contributed by atoms with Gasteiger partial charge < -0.3 is 14.0 Å². The number of ether oxygens (including phenoxy) is 1. The molecular formula is C35H55BN2O5. The fourth-order valence-electron chi connectivity index (χ4n) is 5.09. The third-order valence-corrected chi connectivity index (χ3v) is 7.71. The Labute approximate surface area is 261 Å². The maximum absolute atomic E-state index is 13.5. The van der Waals surface area contributed by atoms with Crippen LogP contribution in [0.3, 0.4) is 0 Å². The first-order valence-electron chi connectivity index (χ1n) is 15.6. The van der Waals surface area contributed by atoms with E-state index in [0.29, 0.717) is 23.4 Å². The molecule has 0 atom stereocenters. The Kier molecular flexibility index (Phi) is 12.5. The van der Waals surface area contributed by atoms with Gasteiger partial charge in [-0.2, -0.15) is 0 Å². The van der Waals surface area contributed by atoms with Crippen molar-refractivity contribution in [3.05, 3.63) is 63.7 Å². The predicted molar refractivity (Wildman–Crippen MR) is 177 cm³/mol. The number of aryl methyl sites for hydroxylation is 3. The van der Waals surface area contributed by atoms with Gasteiger partial charge in [0.15, 0.2) is 0 Å². The molecule has 238 valence electrons. The van der Waals surface area contributed by atoms with Crippen LogP contribution in [0.5, 0.6) is 5.75 Å². The second kappa shape index (κ2) is 14.8. The van der Waals surface area contributed by atoms with Crippen LogP contribution in [0.2, 0.25) is 6.32 Å². The summed E-state index contributed by atoms with van der Waals surface area (Å²) in [6, 6.07) is 9.47. The van der Waals surface area contributed by atoms with Gasteiger partial charge in [0, 0.05) is 23.2 Å². The molecule has 0 aromatic heterocycles. The monoisotopic (exact) mass is 594 g/mol. The Morgan fingerprint density at radius 2 is 1.49 bits per heavy atom. The Balaban J connectivity index is 0.00000206. The van der Waals surface area contributed by atoms with Crippen LogP contribution in [-0.2, 0) is 15.7 Å². The summed E-state index contributed by atoms with van der Waals surface area (Å²) in [6.07, 6.45) is 3.62. The van der Waals surface area contributed by atoms with Crippen molar-refractivity contribution in [2.24, 2.45) is 5.41 Å². The van der Waals surface area contributed by atoms with Crippen molar-refractivity contribution >= 4 is 18.9 Å². The van der Waals surface area contributed by atoms with E-state index in [9.17, 15) is 9.59 Å². The molecule has 0 aliphatic carbocycles. The van der Waals surface area contributed by atoms with Gasteiger partial charge in [0.25, 0.3) is 11.8 Å². The molecule has 43 heavy (non-hydrogen) atoms. The topological polar surface area (TPSA) is 77.1 Å². The molecule has 1 heterocycles. The van der Waals surface area contributed by atoms with Crippen LogP contribution in [0.4, 0.5) is 0 Å². The van der Waals surface area contributed by atoms with Gasteiger partial charge in [-0.15, -0.1) is 0 Å². The molecule has 7 nitrogen and oxygen atoms in total. The van der Waals surface area contributed by atoms with Crippen molar-refractivity contribution < 1.29 is 23.6 Å². The first-order valence-corrected chi connectivity index (χ1v) is 15.6. The highest BCUT2D eigenvalue weighted by Gasteiger charge is 2.50. The van der Waals surface area contributed by atoms with Crippen LogP contribution in [0.15, 0.2) is 30.3 Å². The van der Waals surface area contributed by atoms with E-state index >= 15 is 0 Å². The number of hydrazine groups is 1. The predicted octanol–water partition coefficient (Wildman–Crippen LogP) is 7.89. The number of hydrogen-bond acceptors (Lipinski definition) is 5. The minimum atomic E-state index is -0.346. The zero-order valence-corrected chi connectivity index (χ0v) is 29.0. The Morgan fingerprint density at radius 1 is 0.953 bits per heavy atom. The molecule has 2 aromatic carbocycles. The maximum atomic E-state index is 13.5. The molecule has 0 bridgehead atoms. The lowest BCUT2D eigenvalue weighted by molar-refractivity contribution is 0.00578. The van der Waals surface area contributed by atoms with E-state index in [4.69, 9.17) is 14.0 Å². The van der Waals surface area contributed by atoms with Gasteiger partial charge >= 0.3 is 7.12 Å². The molecular weight excluding hydrogens is 539 g/mol. The molecule has 3 rings (SSSR count). The lowest BCUT2D eigenvalue weighted by Crippen LogP contribution is -2.49. The number of hydrogen-bond donors (Lipinski definition) is 1. The Bertz CT molecular complexity index is 1230. The number of nitrogens with one attached hydrogen (secondary N) is 1. The number of carbonyl (C=O) groups is 2. The van der Waals surface area contributed by atoms with E-state index in [1.165, 1.54) is 11.4 Å². The van der Waals surface area contributed by atoms with Gasteiger partial charge in [0.05, 0.1) is 18.3 Å². The molecule has 0 spiro atoms.